The molecule has 0 aliphatic carbocycles. The van der Waals surface area contributed by atoms with Crippen molar-refractivity contribution in [1.82, 2.24) is 14.8 Å². The summed E-state index contributed by atoms with van der Waals surface area (Å²) in [4.78, 5) is 36.2. The van der Waals surface area contributed by atoms with Gasteiger partial charge in [-0.3, -0.25) is 14.5 Å². The average molecular weight is 407 g/mol. The number of likely N-dealkylation sites (tertiary alicyclic amines) is 1. The molecule has 2 aliphatic heterocycles. The number of thiophene rings is 1. The second-order valence-corrected chi connectivity index (χ2v) is 8.69. The summed E-state index contributed by atoms with van der Waals surface area (Å²) in [6.07, 6.45) is 0.844. The van der Waals surface area contributed by atoms with E-state index in [0.29, 0.717) is 31.9 Å². The van der Waals surface area contributed by atoms with Crippen molar-refractivity contribution in [2.24, 2.45) is 0 Å². The topological polar surface area (TPSA) is 56.8 Å². The van der Waals surface area contributed by atoms with Crippen LogP contribution in [0.15, 0.2) is 53.2 Å². The van der Waals surface area contributed by atoms with Gasteiger partial charge in [-0.15, -0.1) is 0 Å². The van der Waals surface area contributed by atoms with Crippen LogP contribution in [0.1, 0.15) is 16.9 Å². The summed E-state index contributed by atoms with van der Waals surface area (Å²) in [5.41, 5.74) is 2.04. The van der Waals surface area contributed by atoms with E-state index in [4.69, 9.17) is 0 Å². The van der Waals surface area contributed by atoms with Gasteiger partial charge in [-0.05, 0) is 37.0 Å². The third kappa shape index (κ3) is 3.10. The first kappa shape index (κ1) is 18.3. The minimum atomic E-state index is -0.220. The molecule has 2 aromatic heterocycles. The fraction of sp³-hybridized carbons (Fsp3) is 0.318. The van der Waals surface area contributed by atoms with E-state index < -0.39 is 0 Å². The van der Waals surface area contributed by atoms with E-state index >= 15 is 0 Å². The summed E-state index contributed by atoms with van der Waals surface area (Å²) in [6, 6.07) is 13.6. The quantitative estimate of drug-likeness (QED) is 0.657. The van der Waals surface area contributed by atoms with Crippen molar-refractivity contribution in [2.45, 2.75) is 12.0 Å². The summed E-state index contributed by atoms with van der Waals surface area (Å²) in [5.74, 6) is 0.0671. The first-order chi connectivity index (χ1) is 14.1. The molecule has 0 bridgehead atoms. The van der Waals surface area contributed by atoms with E-state index in [1.807, 2.05) is 64.0 Å². The number of para-hydroxylation sites is 1. The van der Waals surface area contributed by atoms with Gasteiger partial charge in [-0.2, -0.15) is 11.3 Å². The van der Waals surface area contributed by atoms with Gasteiger partial charge in [0.15, 0.2) is 0 Å². The van der Waals surface area contributed by atoms with Gasteiger partial charge >= 0.3 is 0 Å². The molecule has 7 heteroatoms. The highest BCUT2D eigenvalue weighted by Crippen LogP contribution is 2.34. The summed E-state index contributed by atoms with van der Waals surface area (Å²) in [5, 5.41) is 5.02. The van der Waals surface area contributed by atoms with Gasteiger partial charge in [-0.1, -0.05) is 24.3 Å². The van der Waals surface area contributed by atoms with Gasteiger partial charge in [-0.25, -0.2) is 4.98 Å². The summed E-state index contributed by atoms with van der Waals surface area (Å²) < 4.78 is 0. The first-order valence-electron chi connectivity index (χ1n) is 9.75. The number of anilines is 1. The molecule has 0 radical (unpaired) electrons. The first-order valence-corrected chi connectivity index (χ1v) is 10.7. The molecule has 0 unspecified atom stereocenters. The lowest BCUT2D eigenvalue weighted by Crippen LogP contribution is -2.64. The number of carbonyl (C=O) groups is 2. The molecule has 5 rings (SSSR count). The van der Waals surface area contributed by atoms with Crippen molar-refractivity contribution < 1.29 is 9.59 Å². The molecule has 2 saturated heterocycles. The number of likely N-dealkylation sites (N-methyl/N-ethyl adjacent to an activating group) is 1. The fourth-order valence-corrected chi connectivity index (χ4v) is 5.06. The van der Waals surface area contributed by atoms with E-state index in [0.717, 1.165) is 23.0 Å². The van der Waals surface area contributed by atoms with Crippen LogP contribution in [0.25, 0.3) is 10.9 Å². The summed E-state index contributed by atoms with van der Waals surface area (Å²) in [6.45, 7) is 2.24. The molecule has 6 nitrogen and oxygen atoms in total. The molecule has 4 heterocycles. The van der Waals surface area contributed by atoms with Crippen LogP contribution in [0.4, 0.5) is 5.69 Å². The second-order valence-electron chi connectivity index (χ2n) is 7.91. The lowest BCUT2D eigenvalue weighted by molar-refractivity contribution is -0.123. The van der Waals surface area contributed by atoms with Crippen molar-refractivity contribution in [1.29, 1.82) is 0 Å². The SMILES string of the molecule is CN1CC(=O)N(c2ccsc2)C[C@]12CCN(C(=O)c1ccc3ccccc3n1)C2. The van der Waals surface area contributed by atoms with Crippen LogP contribution in [-0.2, 0) is 4.79 Å². The number of carbonyl (C=O) groups excluding carboxylic acids is 2. The summed E-state index contributed by atoms with van der Waals surface area (Å²) >= 11 is 1.59. The Balaban J connectivity index is 1.39. The molecule has 2 aliphatic rings. The highest BCUT2D eigenvalue weighted by Gasteiger charge is 2.48. The van der Waals surface area contributed by atoms with E-state index in [-0.39, 0.29) is 17.4 Å². The molecule has 3 aromatic rings. The number of amides is 2. The molecule has 2 fully saturated rings. The van der Waals surface area contributed by atoms with Crippen LogP contribution in [-0.4, -0.2) is 65.4 Å². The number of nitrogens with zero attached hydrogens (tertiary/aromatic N) is 4. The third-order valence-electron chi connectivity index (χ3n) is 6.19. The number of hydrogen-bond donors (Lipinski definition) is 0. The maximum absolute atomic E-state index is 13.2. The molecule has 29 heavy (non-hydrogen) atoms. The highest BCUT2D eigenvalue weighted by molar-refractivity contribution is 7.08. The van der Waals surface area contributed by atoms with Crippen LogP contribution in [0, 0.1) is 0 Å². The monoisotopic (exact) mass is 406 g/mol. The van der Waals surface area contributed by atoms with Crippen LogP contribution in [0.3, 0.4) is 0 Å². The number of fused-ring (bicyclic) bond motifs is 1. The summed E-state index contributed by atoms with van der Waals surface area (Å²) in [7, 11) is 1.99. The second kappa shape index (κ2) is 6.93. The Morgan fingerprint density at radius 1 is 1.14 bits per heavy atom. The van der Waals surface area contributed by atoms with Crippen LogP contribution < -0.4 is 4.90 Å². The van der Waals surface area contributed by atoms with Crippen LogP contribution in [0.5, 0.6) is 0 Å². The lowest BCUT2D eigenvalue weighted by Gasteiger charge is -2.46. The van der Waals surface area contributed by atoms with Gasteiger partial charge < -0.3 is 9.80 Å². The van der Waals surface area contributed by atoms with Gasteiger partial charge in [0.1, 0.15) is 5.69 Å². The largest absolute Gasteiger partial charge is 0.335 e. The number of hydrogen-bond acceptors (Lipinski definition) is 5. The Bertz CT molecular complexity index is 1080. The number of aromatic nitrogens is 1. The van der Waals surface area contributed by atoms with Crippen LogP contribution >= 0.6 is 11.3 Å². The van der Waals surface area contributed by atoms with Gasteiger partial charge in [0.05, 0.1) is 23.3 Å². The zero-order valence-corrected chi connectivity index (χ0v) is 17.1. The van der Waals surface area contributed by atoms with Gasteiger partial charge in [0.25, 0.3) is 5.91 Å². The van der Waals surface area contributed by atoms with E-state index in [2.05, 4.69) is 9.88 Å². The maximum Gasteiger partial charge on any atom is 0.272 e. The van der Waals surface area contributed by atoms with Crippen molar-refractivity contribution in [2.75, 3.05) is 38.1 Å². The maximum atomic E-state index is 13.2. The molecule has 148 valence electrons. The number of piperazine rings is 1. The highest BCUT2D eigenvalue weighted by atomic mass is 32.1. The Kier molecular flexibility index (Phi) is 4.37. The molecule has 0 N–H and O–H groups in total. The predicted octanol–water partition coefficient (Wildman–Crippen LogP) is 2.86. The van der Waals surface area contributed by atoms with Gasteiger partial charge in [0.2, 0.25) is 5.91 Å². The predicted molar refractivity (Wildman–Crippen MR) is 114 cm³/mol. The number of pyridine rings is 1. The fourth-order valence-electron chi connectivity index (χ4n) is 4.42. The molecule has 1 aromatic carbocycles. The Labute approximate surface area is 173 Å². The van der Waals surface area contributed by atoms with Gasteiger partial charge in [0, 0.05) is 30.4 Å². The van der Waals surface area contributed by atoms with Crippen molar-refractivity contribution >= 4 is 39.7 Å². The number of rotatable bonds is 2. The molecule has 1 atom stereocenters. The van der Waals surface area contributed by atoms with Crippen molar-refractivity contribution in [3.63, 3.8) is 0 Å². The zero-order chi connectivity index (χ0) is 20.0. The molecule has 0 saturated carbocycles. The van der Waals surface area contributed by atoms with E-state index in [9.17, 15) is 9.59 Å². The minimum Gasteiger partial charge on any atom is -0.335 e. The standard InChI is InChI=1S/C22H22N4O2S/c1-24-12-20(27)26(17-8-11-29-13-17)15-22(24)9-10-25(14-22)21(28)19-7-6-16-4-2-3-5-18(16)23-19/h2-8,11,13H,9-10,12,14-15H2,1H3/t22-/m1/s1. The molecule has 2 amide bonds. The molecular formula is C22H22N4O2S. The number of benzene rings is 1. The lowest BCUT2D eigenvalue weighted by atomic mass is 9.93. The van der Waals surface area contributed by atoms with E-state index in [1.54, 1.807) is 17.4 Å². The van der Waals surface area contributed by atoms with Crippen molar-refractivity contribution in [3.05, 3.63) is 58.9 Å². The average Bonchev–Trinajstić information content (AvgIpc) is 3.41. The van der Waals surface area contributed by atoms with E-state index in [1.165, 1.54) is 0 Å². The Morgan fingerprint density at radius 2 is 2.00 bits per heavy atom. The van der Waals surface area contributed by atoms with Crippen LogP contribution in [0.2, 0.25) is 0 Å². The molecular weight excluding hydrogens is 384 g/mol. The van der Waals surface area contributed by atoms with Crippen molar-refractivity contribution in [3.8, 4) is 0 Å². The minimum absolute atomic E-state index is 0.0417. The zero-order valence-electron chi connectivity index (χ0n) is 16.2. The Morgan fingerprint density at radius 3 is 2.83 bits per heavy atom. The normalized spacial score (nSPS) is 22.7. The molecule has 1 spiro atoms. The third-order valence-corrected chi connectivity index (χ3v) is 6.86. The smallest absolute Gasteiger partial charge is 0.272 e. The Hall–Kier alpha value is -2.77.